The third kappa shape index (κ3) is 5.67. The first-order chi connectivity index (χ1) is 16.6. The van der Waals surface area contributed by atoms with Gasteiger partial charge in [-0.1, -0.05) is 36.4 Å². The molecule has 1 aliphatic carbocycles. The van der Waals surface area contributed by atoms with Crippen molar-refractivity contribution in [2.45, 2.75) is 38.1 Å². The van der Waals surface area contributed by atoms with Gasteiger partial charge in [-0.05, 0) is 85.5 Å². The van der Waals surface area contributed by atoms with E-state index in [9.17, 15) is 9.18 Å². The van der Waals surface area contributed by atoms with E-state index in [4.69, 9.17) is 11.0 Å². The van der Waals surface area contributed by atoms with Crippen LogP contribution in [0.3, 0.4) is 0 Å². The lowest BCUT2D eigenvalue weighted by Gasteiger charge is -2.28. The topological polar surface area (TPSA) is 91.8 Å². The van der Waals surface area contributed by atoms with Crippen molar-refractivity contribution in [3.05, 3.63) is 89.5 Å². The van der Waals surface area contributed by atoms with E-state index in [1.54, 1.807) is 18.3 Å². The molecule has 1 amide bonds. The van der Waals surface area contributed by atoms with Gasteiger partial charge < -0.3 is 11.1 Å². The minimum Gasteiger partial charge on any atom is -0.347 e. The first-order valence-corrected chi connectivity index (χ1v) is 11.8. The summed E-state index contributed by atoms with van der Waals surface area (Å²) in [6, 6.07) is 19.8. The quantitative estimate of drug-likeness (QED) is 0.528. The van der Waals surface area contributed by atoms with E-state index in [1.807, 2.05) is 42.5 Å². The van der Waals surface area contributed by atoms with Gasteiger partial charge in [0.1, 0.15) is 11.9 Å². The number of nitrogens with one attached hydrogen (secondary N) is 1. The lowest BCUT2D eigenvalue weighted by molar-refractivity contribution is -0.127. The highest BCUT2D eigenvalue weighted by molar-refractivity contribution is 5.79. The Kier molecular flexibility index (Phi) is 7.66. The maximum absolute atomic E-state index is 14.2. The summed E-state index contributed by atoms with van der Waals surface area (Å²) in [4.78, 5) is 17.8. The summed E-state index contributed by atoms with van der Waals surface area (Å²) >= 11 is 0. The minimum atomic E-state index is -0.555. The van der Waals surface area contributed by atoms with Gasteiger partial charge in [-0.2, -0.15) is 5.26 Å². The molecule has 0 aliphatic heterocycles. The molecule has 6 heteroatoms. The molecule has 0 radical (unpaired) electrons. The number of pyridine rings is 1. The van der Waals surface area contributed by atoms with Crippen LogP contribution in [0.4, 0.5) is 4.39 Å². The largest absolute Gasteiger partial charge is 0.347 e. The Bertz CT molecular complexity index is 1170. The molecule has 5 nitrogen and oxygen atoms in total. The number of hydrogen-bond acceptors (Lipinski definition) is 4. The average molecular weight is 457 g/mol. The minimum absolute atomic E-state index is 0.0107. The molecule has 0 spiro atoms. The lowest BCUT2D eigenvalue weighted by Crippen LogP contribution is -2.37. The maximum atomic E-state index is 14.2. The van der Waals surface area contributed by atoms with Crippen molar-refractivity contribution in [2.75, 3.05) is 6.54 Å². The Morgan fingerprint density at radius 2 is 1.82 bits per heavy atom. The average Bonchev–Trinajstić information content (AvgIpc) is 2.89. The highest BCUT2D eigenvalue weighted by Crippen LogP contribution is 2.30. The van der Waals surface area contributed by atoms with E-state index >= 15 is 0 Å². The number of nitrogens with zero attached hydrogens (tertiary/aromatic N) is 2. The van der Waals surface area contributed by atoms with Crippen LogP contribution in [0.5, 0.6) is 0 Å². The number of halogens is 1. The molecular weight excluding hydrogens is 427 g/mol. The Balaban J connectivity index is 1.59. The van der Waals surface area contributed by atoms with Gasteiger partial charge in [-0.15, -0.1) is 0 Å². The SMILES string of the molecule is N#Cc1ccc(-c2ccnc(C(Cc3ccccc3)NC(=O)[C@H]3CC[C@H](CN)CC3)c2)cc1F. The summed E-state index contributed by atoms with van der Waals surface area (Å²) in [7, 11) is 0. The molecule has 3 N–H and O–H groups in total. The number of nitriles is 1. The Labute approximate surface area is 199 Å². The molecule has 0 saturated heterocycles. The molecule has 1 fully saturated rings. The number of nitrogens with two attached hydrogens (primary N) is 1. The zero-order valence-corrected chi connectivity index (χ0v) is 19.1. The van der Waals surface area contributed by atoms with Gasteiger partial charge in [0.15, 0.2) is 0 Å². The van der Waals surface area contributed by atoms with Crippen molar-refractivity contribution >= 4 is 5.91 Å². The molecule has 174 valence electrons. The number of rotatable bonds is 7. The fraction of sp³-hybridized carbons (Fsp3) is 0.321. The molecule has 34 heavy (non-hydrogen) atoms. The van der Waals surface area contributed by atoms with E-state index in [-0.39, 0.29) is 23.4 Å². The van der Waals surface area contributed by atoms with Crippen LogP contribution >= 0.6 is 0 Å². The van der Waals surface area contributed by atoms with E-state index in [1.165, 1.54) is 12.1 Å². The van der Waals surface area contributed by atoms with Crippen LogP contribution in [0.1, 0.15) is 48.5 Å². The van der Waals surface area contributed by atoms with Gasteiger partial charge in [-0.3, -0.25) is 9.78 Å². The Morgan fingerprint density at radius 1 is 1.09 bits per heavy atom. The molecule has 2 aromatic carbocycles. The predicted octanol–water partition coefficient (Wildman–Crippen LogP) is 4.92. The predicted molar refractivity (Wildman–Crippen MR) is 130 cm³/mol. The molecule has 1 unspecified atom stereocenters. The number of amides is 1. The van der Waals surface area contributed by atoms with Crippen LogP contribution in [0.25, 0.3) is 11.1 Å². The monoisotopic (exact) mass is 456 g/mol. The molecular formula is C28H29FN4O. The van der Waals surface area contributed by atoms with Gasteiger partial charge in [-0.25, -0.2) is 4.39 Å². The number of carbonyl (C=O) groups excluding carboxylic acids is 1. The van der Waals surface area contributed by atoms with Crippen LogP contribution in [0, 0.1) is 29.0 Å². The van der Waals surface area contributed by atoms with Crippen LogP contribution in [-0.2, 0) is 11.2 Å². The third-order valence-electron chi connectivity index (χ3n) is 6.71. The van der Waals surface area contributed by atoms with Gasteiger partial charge in [0.2, 0.25) is 5.91 Å². The number of hydrogen-bond donors (Lipinski definition) is 2. The van der Waals surface area contributed by atoms with Gasteiger partial charge >= 0.3 is 0 Å². The second-order valence-electron chi connectivity index (χ2n) is 8.98. The number of benzene rings is 2. The second-order valence-corrected chi connectivity index (χ2v) is 8.98. The highest BCUT2D eigenvalue weighted by Gasteiger charge is 2.28. The van der Waals surface area contributed by atoms with Crippen molar-refractivity contribution in [1.82, 2.24) is 10.3 Å². The van der Waals surface area contributed by atoms with Gasteiger partial charge in [0, 0.05) is 12.1 Å². The van der Waals surface area contributed by atoms with Crippen molar-refractivity contribution < 1.29 is 9.18 Å². The van der Waals surface area contributed by atoms with E-state index in [0.717, 1.165) is 42.5 Å². The van der Waals surface area contributed by atoms with Crippen molar-refractivity contribution in [3.8, 4) is 17.2 Å². The normalized spacial score (nSPS) is 18.6. The smallest absolute Gasteiger partial charge is 0.223 e. The summed E-state index contributed by atoms with van der Waals surface area (Å²) in [5.41, 5.74) is 9.07. The van der Waals surface area contributed by atoms with Gasteiger partial charge in [0.05, 0.1) is 17.3 Å². The fourth-order valence-electron chi connectivity index (χ4n) is 4.63. The van der Waals surface area contributed by atoms with Crippen LogP contribution in [0.15, 0.2) is 66.9 Å². The summed E-state index contributed by atoms with van der Waals surface area (Å²) in [5.74, 6) is -0.0131. The lowest BCUT2D eigenvalue weighted by atomic mass is 9.81. The van der Waals surface area contributed by atoms with Crippen molar-refractivity contribution in [2.24, 2.45) is 17.6 Å². The molecule has 1 aliphatic rings. The maximum Gasteiger partial charge on any atom is 0.223 e. The summed E-state index contributed by atoms with van der Waals surface area (Å²) in [5, 5.41) is 12.3. The van der Waals surface area contributed by atoms with Crippen LogP contribution in [-0.4, -0.2) is 17.4 Å². The molecule has 1 atom stereocenters. The number of carbonyl (C=O) groups is 1. The molecule has 4 rings (SSSR count). The Morgan fingerprint density at radius 3 is 2.50 bits per heavy atom. The van der Waals surface area contributed by atoms with Crippen molar-refractivity contribution in [3.63, 3.8) is 0 Å². The zero-order chi connectivity index (χ0) is 23.9. The first kappa shape index (κ1) is 23.6. The standard InChI is InChI=1S/C28H29FN4O/c29-25-15-22(10-11-24(25)18-31)23-12-13-32-26(16-23)27(14-19-4-2-1-3-5-19)33-28(34)21-8-6-20(17-30)7-9-21/h1-5,10-13,15-16,20-21,27H,6-9,14,17,30H2,(H,33,34)/t20-,21-,27?. The Hall–Kier alpha value is -3.56. The zero-order valence-electron chi connectivity index (χ0n) is 19.1. The van der Waals surface area contributed by atoms with Crippen molar-refractivity contribution in [1.29, 1.82) is 5.26 Å². The first-order valence-electron chi connectivity index (χ1n) is 11.8. The molecule has 1 saturated carbocycles. The van der Waals surface area contributed by atoms with Gasteiger partial charge in [0.25, 0.3) is 0 Å². The second kappa shape index (κ2) is 11.0. The molecule has 1 aromatic heterocycles. The third-order valence-corrected chi connectivity index (χ3v) is 6.71. The van der Waals surface area contributed by atoms with E-state index in [0.29, 0.717) is 24.4 Å². The summed E-state index contributed by atoms with van der Waals surface area (Å²) in [6.07, 6.45) is 5.94. The molecule has 0 bridgehead atoms. The van der Waals surface area contributed by atoms with E-state index in [2.05, 4.69) is 10.3 Å². The highest BCUT2D eigenvalue weighted by atomic mass is 19.1. The van der Waals surface area contributed by atoms with Crippen LogP contribution in [0.2, 0.25) is 0 Å². The molecule has 3 aromatic rings. The fourth-order valence-corrected chi connectivity index (χ4v) is 4.63. The summed E-state index contributed by atoms with van der Waals surface area (Å²) in [6.45, 7) is 0.678. The summed E-state index contributed by atoms with van der Waals surface area (Å²) < 4.78 is 14.2. The van der Waals surface area contributed by atoms with Crippen LogP contribution < -0.4 is 11.1 Å². The number of aromatic nitrogens is 1. The van der Waals surface area contributed by atoms with E-state index < -0.39 is 5.82 Å². The molecule has 1 heterocycles.